The van der Waals surface area contributed by atoms with Gasteiger partial charge < -0.3 is 5.11 Å². The molecule has 0 saturated carbocycles. The van der Waals surface area contributed by atoms with Crippen LogP contribution in [0.25, 0.3) is 5.57 Å². The molecule has 0 heterocycles. The molecule has 92 valence electrons. The van der Waals surface area contributed by atoms with E-state index in [2.05, 4.69) is 51.1 Å². The Morgan fingerprint density at radius 1 is 1.00 bits per heavy atom. The van der Waals surface area contributed by atoms with E-state index in [1.807, 2.05) is 6.07 Å². The second-order valence-electron chi connectivity index (χ2n) is 5.34. The molecule has 0 fully saturated rings. The Morgan fingerprint density at radius 3 is 2.29 bits per heavy atom. The molecule has 1 N–H and O–H groups in total. The van der Waals surface area contributed by atoms with E-state index in [-0.39, 0.29) is 6.10 Å². The average Bonchev–Trinajstić information content (AvgIpc) is 2.45. The van der Waals surface area contributed by atoms with Crippen molar-refractivity contribution in [2.75, 3.05) is 0 Å². The summed E-state index contributed by atoms with van der Waals surface area (Å²) in [5.74, 6) is 1.38. The predicted octanol–water partition coefficient (Wildman–Crippen LogP) is 3.74. The van der Waals surface area contributed by atoms with E-state index < -0.39 is 0 Å². The molecule has 2 rings (SSSR count). The van der Waals surface area contributed by atoms with Crippen LogP contribution in [-0.2, 0) is 0 Å². The van der Waals surface area contributed by atoms with Gasteiger partial charge in [0.15, 0.2) is 0 Å². The van der Waals surface area contributed by atoms with Crippen molar-refractivity contribution in [3.05, 3.63) is 42.0 Å². The van der Waals surface area contributed by atoms with E-state index >= 15 is 0 Å². The third kappa shape index (κ3) is 2.44. The van der Waals surface area contributed by atoms with Crippen molar-refractivity contribution in [1.82, 2.24) is 0 Å². The molecule has 17 heavy (non-hydrogen) atoms. The third-order valence-corrected chi connectivity index (χ3v) is 4.40. The molecule has 0 unspecified atom stereocenters. The first-order valence-electron chi connectivity index (χ1n) is 6.54. The summed E-state index contributed by atoms with van der Waals surface area (Å²) in [7, 11) is 0. The van der Waals surface area contributed by atoms with Crippen LogP contribution < -0.4 is 0 Å². The number of hydrogen-bond acceptors (Lipinski definition) is 1. The summed E-state index contributed by atoms with van der Waals surface area (Å²) in [6.07, 6.45) is 2.80. The Morgan fingerprint density at radius 2 is 1.65 bits per heavy atom. The van der Waals surface area contributed by atoms with E-state index in [0.717, 1.165) is 6.42 Å². The van der Waals surface area contributed by atoms with Gasteiger partial charge >= 0.3 is 0 Å². The van der Waals surface area contributed by atoms with Crippen LogP contribution >= 0.6 is 0 Å². The Labute approximate surface area is 104 Å². The molecule has 0 saturated heterocycles. The van der Waals surface area contributed by atoms with Crippen molar-refractivity contribution in [2.45, 2.75) is 33.3 Å². The van der Waals surface area contributed by atoms with Crippen molar-refractivity contribution in [1.29, 1.82) is 0 Å². The SMILES string of the molecule is C[C@H]1[C@H](C)[C@@H](C)C(c2ccccc2)=CC[C@H]1O. The van der Waals surface area contributed by atoms with Gasteiger partial charge in [0.05, 0.1) is 6.10 Å². The van der Waals surface area contributed by atoms with Gasteiger partial charge in [0.2, 0.25) is 0 Å². The fraction of sp³-hybridized carbons (Fsp3) is 0.500. The number of allylic oxidation sites excluding steroid dienone is 1. The van der Waals surface area contributed by atoms with Crippen molar-refractivity contribution in [3.63, 3.8) is 0 Å². The van der Waals surface area contributed by atoms with Gasteiger partial charge in [-0.2, -0.15) is 0 Å². The topological polar surface area (TPSA) is 20.2 Å². The average molecular weight is 230 g/mol. The first-order chi connectivity index (χ1) is 8.11. The smallest absolute Gasteiger partial charge is 0.0603 e. The molecule has 0 amide bonds. The molecule has 1 aliphatic carbocycles. The molecule has 1 aromatic carbocycles. The summed E-state index contributed by atoms with van der Waals surface area (Å²) >= 11 is 0. The summed E-state index contributed by atoms with van der Waals surface area (Å²) < 4.78 is 0. The van der Waals surface area contributed by atoms with Gasteiger partial charge in [-0.3, -0.25) is 0 Å². The number of rotatable bonds is 1. The lowest BCUT2D eigenvalue weighted by Gasteiger charge is -2.27. The molecule has 0 radical (unpaired) electrons. The number of hydrogen-bond donors (Lipinski definition) is 1. The zero-order chi connectivity index (χ0) is 12.4. The molecular weight excluding hydrogens is 208 g/mol. The summed E-state index contributed by atoms with van der Waals surface area (Å²) in [5, 5.41) is 10.1. The van der Waals surface area contributed by atoms with Gasteiger partial charge in [0.25, 0.3) is 0 Å². The minimum absolute atomic E-state index is 0.200. The lowest BCUT2D eigenvalue weighted by molar-refractivity contribution is 0.0848. The highest BCUT2D eigenvalue weighted by molar-refractivity contribution is 5.67. The van der Waals surface area contributed by atoms with Crippen LogP contribution in [-0.4, -0.2) is 11.2 Å². The largest absolute Gasteiger partial charge is 0.393 e. The van der Waals surface area contributed by atoms with Gasteiger partial charge in [-0.05, 0) is 35.3 Å². The zero-order valence-electron chi connectivity index (χ0n) is 10.9. The summed E-state index contributed by atoms with van der Waals surface area (Å²) in [4.78, 5) is 0. The molecule has 1 heteroatoms. The Bertz CT molecular complexity index is 393. The van der Waals surface area contributed by atoms with Crippen molar-refractivity contribution < 1.29 is 5.11 Å². The summed E-state index contributed by atoms with van der Waals surface area (Å²) in [6, 6.07) is 10.5. The van der Waals surface area contributed by atoms with Crippen LogP contribution in [0.2, 0.25) is 0 Å². The van der Waals surface area contributed by atoms with Gasteiger partial charge in [-0.1, -0.05) is 57.2 Å². The standard InChI is InChI=1S/C16H22O/c1-11-12(2)15(9-10-16(17)13(11)3)14-7-5-4-6-8-14/h4-9,11-13,16-17H,10H2,1-3H3/t11-,12-,13+,16-/m1/s1. The Hall–Kier alpha value is -1.08. The maximum atomic E-state index is 10.1. The van der Waals surface area contributed by atoms with Crippen LogP contribution in [0.3, 0.4) is 0 Å². The normalized spacial score (nSPS) is 34.0. The second kappa shape index (κ2) is 5.05. The van der Waals surface area contributed by atoms with Crippen LogP contribution in [0.5, 0.6) is 0 Å². The van der Waals surface area contributed by atoms with Crippen molar-refractivity contribution >= 4 is 5.57 Å². The summed E-state index contributed by atoms with van der Waals surface area (Å²) in [5.41, 5.74) is 2.69. The zero-order valence-corrected chi connectivity index (χ0v) is 10.9. The molecule has 1 aromatic rings. The van der Waals surface area contributed by atoms with Crippen molar-refractivity contribution in [2.24, 2.45) is 17.8 Å². The first kappa shape index (κ1) is 12.4. The highest BCUT2D eigenvalue weighted by Gasteiger charge is 2.29. The van der Waals surface area contributed by atoms with Gasteiger partial charge in [-0.15, -0.1) is 0 Å². The number of aliphatic hydroxyl groups excluding tert-OH is 1. The molecule has 0 aromatic heterocycles. The molecule has 4 atom stereocenters. The van der Waals surface area contributed by atoms with E-state index in [1.54, 1.807) is 0 Å². The number of aliphatic hydroxyl groups is 1. The van der Waals surface area contributed by atoms with Gasteiger partial charge in [0.1, 0.15) is 0 Å². The molecule has 0 spiro atoms. The van der Waals surface area contributed by atoms with E-state index in [1.165, 1.54) is 11.1 Å². The number of benzene rings is 1. The van der Waals surface area contributed by atoms with Crippen LogP contribution in [0.4, 0.5) is 0 Å². The van der Waals surface area contributed by atoms with Gasteiger partial charge in [0, 0.05) is 0 Å². The minimum atomic E-state index is -0.200. The second-order valence-corrected chi connectivity index (χ2v) is 5.34. The van der Waals surface area contributed by atoms with E-state index in [9.17, 15) is 5.11 Å². The fourth-order valence-corrected chi connectivity index (χ4v) is 2.75. The maximum absolute atomic E-state index is 10.1. The Balaban J connectivity index is 2.34. The van der Waals surface area contributed by atoms with Crippen LogP contribution in [0, 0.1) is 17.8 Å². The van der Waals surface area contributed by atoms with E-state index in [4.69, 9.17) is 0 Å². The van der Waals surface area contributed by atoms with E-state index in [0.29, 0.717) is 17.8 Å². The minimum Gasteiger partial charge on any atom is -0.393 e. The molecule has 1 nitrogen and oxygen atoms in total. The van der Waals surface area contributed by atoms with Gasteiger partial charge in [-0.25, -0.2) is 0 Å². The van der Waals surface area contributed by atoms with Crippen LogP contribution in [0.15, 0.2) is 36.4 Å². The monoisotopic (exact) mass is 230 g/mol. The lowest BCUT2D eigenvalue weighted by atomic mass is 9.79. The fourth-order valence-electron chi connectivity index (χ4n) is 2.75. The third-order valence-electron chi connectivity index (χ3n) is 4.40. The van der Waals surface area contributed by atoms with Crippen molar-refractivity contribution in [3.8, 4) is 0 Å². The first-order valence-corrected chi connectivity index (χ1v) is 6.54. The summed E-state index contributed by atoms with van der Waals surface area (Å²) in [6.45, 7) is 6.69. The molecule has 0 bridgehead atoms. The highest BCUT2D eigenvalue weighted by Crippen LogP contribution is 2.37. The quantitative estimate of drug-likeness (QED) is 0.779. The highest BCUT2D eigenvalue weighted by atomic mass is 16.3. The predicted molar refractivity (Wildman–Crippen MR) is 72.5 cm³/mol. The molecule has 1 aliphatic rings. The Kier molecular flexibility index (Phi) is 3.68. The van der Waals surface area contributed by atoms with Crippen LogP contribution in [0.1, 0.15) is 32.8 Å². The molecule has 0 aliphatic heterocycles. The lowest BCUT2D eigenvalue weighted by Crippen LogP contribution is -2.25. The maximum Gasteiger partial charge on any atom is 0.0603 e. The molecular formula is C16H22O.